The lowest BCUT2D eigenvalue weighted by Gasteiger charge is -2.19. The van der Waals surface area contributed by atoms with Gasteiger partial charge in [-0.25, -0.2) is 18.1 Å². The van der Waals surface area contributed by atoms with Crippen molar-refractivity contribution in [1.29, 1.82) is 0 Å². The summed E-state index contributed by atoms with van der Waals surface area (Å²) in [4.78, 5) is 7.37. The molecule has 32 heavy (non-hydrogen) atoms. The van der Waals surface area contributed by atoms with E-state index in [0.29, 0.717) is 11.9 Å². The number of nitrogens with zero attached hydrogens (tertiary/aromatic N) is 3. The van der Waals surface area contributed by atoms with Crippen molar-refractivity contribution in [2.45, 2.75) is 37.4 Å². The van der Waals surface area contributed by atoms with E-state index >= 15 is 0 Å². The van der Waals surface area contributed by atoms with Gasteiger partial charge in [0, 0.05) is 18.3 Å². The van der Waals surface area contributed by atoms with Crippen LogP contribution in [0.4, 0.5) is 19.0 Å². The summed E-state index contributed by atoms with van der Waals surface area (Å²) in [6.07, 6.45) is -3.61. The van der Waals surface area contributed by atoms with Gasteiger partial charge in [0.2, 0.25) is 10.0 Å². The van der Waals surface area contributed by atoms with Crippen LogP contribution in [0.5, 0.6) is 0 Å². The number of nitrogens with two attached hydrogens (primary N) is 1. The van der Waals surface area contributed by atoms with Crippen LogP contribution in [0.15, 0.2) is 39.9 Å². The Bertz CT molecular complexity index is 1250. The maximum Gasteiger partial charge on any atom is 0.416 e. The quantitative estimate of drug-likeness (QED) is 0.498. The van der Waals surface area contributed by atoms with Gasteiger partial charge in [0.1, 0.15) is 5.82 Å². The second-order valence-corrected chi connectivity index (χ2v) is 9.45. The Hall–Kier alpha value is -3.03. The third-order valence-corrected chi connectivity index (χ3v) is 5.63. The van der Waals surface area contributed by atoms with Gasteiger partial charge in [-0.1, -0.05) is 5.16 Å². The highest BCUT2D eigenvalue weighted by Gasteiger charge is 2.33. The maximum atomic E-state index is 13.5. The number of nitrogen functional groups attached to an aromatic ring is 1. The Morgan fingerprint density at radius 2 is 1.84 bits per heavy atom. The highest BCUT2D eigenvalue weighted by molar-refractivity contribution is 7.89. The second kappa shape index (κ2) is 8.15. The molecule has 0 atom stereocenters. The first kappa shape index (κ1) is 23.6. The van der Waals surface area contributed by atoms with E-state index in [1.807, 2.05) is 0 Å². The van der Waals surface area contributed by atoms with E-state index < -0.39 is 38.8 Å². The van der Waals surface area contributed by atoms with E-state index in [4.69, 9.17) is 10.3 Å². The molecule has 0 radical (unpaired) electrons. The molecule has 3 aromatic rings. The maximum absolute atomic E-state index is 13.5. The lowest BCUT2D eigenvalue weighted by atomic mass is 10.0. The van der Waals surface area contributed by atoms with Crippen LogP contribution >= 0.6 is 0 Å². The van der Waals surface area contributed by atoms with Gasteiger partial charge in [0.25, 0.3) is 5.89 Å². The summed E-state index contributed by atoms with van der Waals surface area (Å²) < 4.78 is 73.0. The molecule has 1 aromatic carbocycles. The average molecular weight is 471 g/mol. The van der Waals surface area contributed by atoms with Crippen molar-refractivity contribution in [3.63, 3.8) is 0 Å². The Labute approximate surface area is 181 Å². The third-order valence-electron chi connectivity index (χ3n) is 4.25. The summed E-state index contributed by atoms with van der Waals surface area (Å²) in [7, 11) is -4.37. The van der Waals surface area contributed by atoms with E-state index in [2.05, 4.69) is 19.8 Å². The van der Waals surface area contributed by atoms with Crippen LogP contribution < -0.4 is 10.5 Å². The first-order valence-electron chi connectivity index (χ1n) is 9.17. The normalized spacial score (nSPS) is 12.8. The summed E-state index contributed by atoms with van der Waals surface area (Å²) in [5.41, 5.74) is 3.51. The van der Waals surface area contributed by atoms with Gasteiger partial charge in [-0.15, -0.1) is 0 Å². The van der Waals surface area contributed by atoms with Crippen LogP contribution in [-0.2, 0) is 16.2 Å². The van der Waals surface area contributed by atoms with Gasteiger partial charge in [0.15, 0.2) is 5.82 Å². The van der Waals surface area contributed by atoms with Crippen LogP contribution in [0.1, 0.15) is 25.2 Å². The molecular formula is C19H20F3N5O4S. The van der Waals surface area contributed by atoms with Crippen LogP contribution in [0.3, 0.4) is 0 Å². The SMILES string of the molecule is Cc1noc(-c2cc(-c3cc(C(F)(F)F)cc(S(=O)(=O)NCC(C)(C)O)c3)cnc2N)n1. The number of anilines is 1. The molecule has 9 nitrogen and oxygen atoms in total. The van der Waals surface area contributed by atoms with Crippen LogP contribution in [0.25, 0.3) is 22.6 Å². The fourth-order valence-electron chi connectivity index (χ4n) is 2.65. The lowest BCUT2D eigenvalue weighted by molar-refractivity contribution is -0.137. The molecule has 0 fully saturated rings. The summed E-state index contributed by atoms with van der Waals surface area (Å²) in [6.45, 7) is 3.89. The van der Waals surface area contributed by atoms with Gasteiger partial charge in [-0.3, -0.25) is 0 Å². The molecule has 0 aliphatic carbocycles. The molecule has 172 valence electrons. The van der Waals surface area contributed by atoms with Crippen molar-refractivity contribution in [2.75, 3.05) is 12.3 Å². The number of aliphatic hydroxyl groups is 1. The van der Waals surface area contributed by atoms with Crippen molar-refractivity contribution in [3.05, 3.63) is 41.9 Å². The number of aryl methyl sites for hydroxylation is 1. The van der Waals surface area contributed by atoms with Crippen molar-refractivity contribution in [1.82, 2.24) is 19.8 Å². The minimum Gasteiger partial charge on any atom is -0.389 e. The van der Waals surface area contributed by atoms with E-state index in [0.717, 1.165) is 12.1 Å². The van der Waals surface area contributed by atoms with Crippen molar-refractivity contribution < 1.29 is 31.2 Å². The van der Waals surface area contributed by atoms with Gasteiger partial charge >= 0.3 is 6.18 Å². The number of alkyl halides is 3. The smallest absolute Gasteiger partial charge is 0.389 e. The summed E-state index contributed by atoms with van der Waals surface area (Å²) in [5.74, 6) is 0.334. The topological polar surface area (TPSA) is 144 Å². The predicted octanol–water partition coefficient (Wildman–Crippen LogP) is 2.76. The molecule has 3 rings (SSSR count). The Kier molecular flexibility index (Phi) is 6.02. The van der Waals surface area contributed by atoms with Crippen molar-refractivity contribution >= 4 is 15.8 Å². The van der Waals surface area contributed by atoms with Crippen LogP contribution in [0.2, 0.25) is 0 Å². The third kappa shape index (κ3) is 5.41. The molecule has 2 aromatic heterocycles. The largest absolute Gasteiger partial charge is 0.416 e. The average Bonchev–Trinajstić information content (AvgIpc) is 3.11. The zero-order valence-corrected chi connectivity index (χ0v) is 18.0. The molecule has 0 amide bonds. The lowest BCUT2D eigenvalue weighted by Crippen LogP contribution is -2.38. The first-order chi connectivity index (χ1) is 14.7. The summed E-state index contributed by atoms with van der Waals surface area (Å²) in [5, 5.41) is 13.4. The highest BCUT2D eigenvalue weighted by atomic mass is 32.2. The molecule has 0 saturated heterocycles. The molecule has 4 N–H and O–H groups in total. The van der Waals surface area contributed by atoms with Crippen LogP contribution in [0, 0.1) is 6.92 Å². The number of rotatable bonds is 6. The van der Waals surface area contributed by atoms with E-state index in [-0.39, 0.29) is 28.4 Å². The predicted molar refractivity (Wildman–Crippen MR) is 109 cm³/mol. The molecule has 0 bridgehead atoms. The summed E-state index contributed by atoms with van der Waals surface area (Å²) in [6, 6.07) is 3.76. The van der Waals surface area contributed by atoms with Gasteiger partial charge < -0.3 is 15.4 Å². The molecule has 0 saturated carbocycles. The zero-order chi connectivity index (χ0) is 23.9. The molecule has 0 aliphatic rings. The van der Waals surface area contributed by atoms with E-state index in [1.165, 1.54) is 26.1 Å². The number of pyridine rings is 1. The number of hydrogen-bond acceptors (Lipinski definition) is 8. The fourth-order valence-corrected chi connectivity index (χ4v) is 3.92. The van der Waals surface area contributed by atoms with Crippen molar-refractivity contribution in [2.24, 2.45) is 0 Å². The van der Waals surface area contributed by atoms with Crippen LogP contribution in [-0.4, -0.2) is 40.8 Å². The second-order valence-electron chi connectivity index (χ2n) is 7.68. The van der Waals surface area contributed by atoms with Crippen molar-refractivity contribution in [3.8, 4) is 22.6 Å². The minimum atomic E-state index is -4.82. The van der Waals surface area contributed by atoms with E-state index in [1.54, 1.807) is 6.92 Å². The zero-order valence-electron chi connectivity index (χ0n) is 17.2. The van der Waals surface area contributed by atoms with Gasteiger partial charge in [0.05, 0.1) is 21.6 Å². The highest BCUT2D eigenvalue weighted by Crippen LogP contribution is 2.36. The molecule has 0 unspecified atom stereocenters. The molecule has 2 heterocycles. The van der Waals surface area contributed by atoms with Gasteiger partial charge in [-0.05, 0) is 50.6 Å². The molecular weight excluding hydrogens is 451 g/mol. The standard InChI is InChI=1S/C19H20F3N5O4S/c1-10-26-17(31-27-10)15-6-12(8-24-16(15)23)11-4-13(19(20,21)22)7-14(5-11)32(29,30)25-9-18(2,3)28/h4-8,25,28H,9H2,1-3H3,(H2,23,24). The number of benzene rings is 1. The number of halogens is 3. The number of aromatic nitrogens is 3. The van der Waals surface area contributed by atoms with Gasteiger partial charge in [-0.2, -0.15) is 18.2 Å². The molecule has 0 spiro atoms. The first-order valence-corrected chi connectivity index (χ1v) is 10.6. The minimum absolute atomic E-state index is 0.00376. The number of hydrogen-bond donors (Lipinski definition) is 3. The number of sulfonamides is 1. The summed E-state index contributed by atoms with van der Waals surface area (Å²) >= 11 is 0. The van der Waals surface area contributed by atoms with E-state index in [9.17, 15) is 26.7 Å². The Morgan fingerprint density at radius 3 is 2.41 bits per heavy atom. The number of nitrogens with one attached hydrogen (secondary N) is 1. The fraction of sp³-hybridized carbons (Fsp3) is 0.316. The Balaban J connectivity index is 2.14. The Morgan fingerprint density at radius 1 is 1.16 bits per heavy atom. The molecule has 13 heteroatoms. The monoisotopic (exact) mass is 471 g/mol. The molecule has 0 aliphatic heterocycles.